The average molecular weight is 741 g/mol. The molecule has 6 atom stereocenters. The molecule has 3 aliphatic rings. The summed E-state index contributed by atoms with van der Waals surface area (Å²) in [5.74, 6) is 0.888. The van der Waals surface area contributed by atoms with Crippen LogP contribution in [0, 0.1) is 23.1 Å². The van der Waals surface area contributed by atoms with E-state index in [-0.39, 0.29) is 24.8 Å². The summed E-state index contributed by atoms with van der Waals surface area (Å²) >= 11 is 14.1. The molecule has 3 fully saturated rings. The van der Waals surface area contributed by atoms with Gasteiger partial charge < -0.3 is 24.3 Å². The van der Waals surface area contributed by atoms with Gasteiger partial charge in [0, 0.05) is 29.7 Å². The van der Waals surface area contributed by atoms with Crippen molar-refractivity contribution in [2.45, 2.75) is 50.5 Å². The predicted molar refractivity (Wildman–Crippen MR) is 189 cm³/mol. The van der Waals surface area contributed by atoms with E-state index in [1.54, 1.807) is 48.5 Å². The van der Waals surface area contributed by atoms with Gasteiger partial charge in [-0.2, -0.15) is 0 Å². The van der Waals surface area contributed by atoms with Crippen LogP contribution in [0.4, 0.5) is 14.9 Å². The van der Waals surface area contributed by atoms with Crippen molar-refractivity contribution in [3.05, 3.63) is 104 Å². The minimum atomic E-state index is -0.815. The topological polar surface area (TPSA) is 99.2 Å². The van der Waals surface area contributed by atoms with E-state index in [0.717, 1.165) is 30.6 Å². The first-order chi connectivity index (χ1) is 24.2. The van der Waals surface area contributed by atoms with Crippen molar-refractivity contribution in [3.63, 3.8) is 0 Å². The lowest BCUT2D eigenvalue weighted by Gasteiger charge is -2.27. The normalized spacial score (nSPS) is 23.6. The summed E-state index contributed by atoms with van der Waals surface area (Å²) in [6.45, 7) is 0.00169. The zero-order valence-corrected chi connectivity index (χ0v) is 30.0. The fraction of sp³-hybridized carbons (Fsp3) is 0.378. The van der Waals surface area contributed by atoms with Crippen LogP contribution in [0.1, 0.15) is 51.0 Å². The predicted octanol–water partition coefficient (Wildman–Crippen LogP) is 8.28. The van der Waals surface area contributed by atoms with Crippen LogP contribution in [0.3, 0.4) is 0 Å². The van der Waals surface area contributed by atoms with Crippen LogP contribution < -0.4 is 19.7 Å². The summed E-state index contributed by atoms with van der Waals surface area (Å²) < 4.78 is 38.1. The van der Waals surface area contributed by atoms with E-state index in [0.29, 0.717) is 65.7 Å². The Morgan fingerprint density at radius 3 is 2.54 bits per heavy atom. The number of ether oxygens (including phenoxy) is 4. The van der Waals surface area contributed by atoms with E-state index in [4.69, 9.17) is 42.1 Å². The minimum absolute atomic E-state index is 0.00169. The Morgan fingerprint density at radius 1 is 1.06 bits per heavy atom. The first kappa shape index (κ1) is 34.5. The van der Waals surface area contributed by atoms with Crippen molar-refractivity contribution in [1.29, 1.82) is 0 Å². The maximum atomic E-state index is 15.1. The molecule has 50 heavy (non-hydrogen) atoms. The number of hydrogen-bond donors (Lipinski definition) is 1. The number of nitrogens with one attached hydrogen (secondary N) is 1. The third-order valence-corrected chi connectivity index (χ3v) is 12.0. The lowest BCUT2D eigenvalue weighted by molar-refractivity contribution is 0.0302. The summed E-state index contributed by atoms with van der Waals surface area (Å²) in [7, 11) is 5.04. The van der Waals surface area contributed by atoms with Gasteiger partial charge in [0.2, 0.25) is 0 Å². The van der Waals surface area contributed by atoms with Crippen molar-refractivity contribution in [2.24, 2.45) is 17.3 Å². The number of hydrogen-bond acceptors (Lipinski definition) is 9. The Labute approximate surface area is 303 Å². The van der Waals surface area contributed by atoms with Gasteiger partial charge in [0.15, 0.2) is 11.5 Å². The highest BCUT2D eigenvalue weighted by atomic mass is 35.5. The number of rotatable bonds is 12. The van der Waals surface area contributed by atoms with E-state index < -0.39 is 24.0 Å². The maximum Gasteiger partial charge on any atom is 0.414 e. The second-order valence-electron chi connectivity index (χ2n) is 13.0. The molecule has 3 aliphatic carbocycles. The van der Waals surface area contributed by atoms with Gasteiger partial charge in [-0.1, -0.05) is 41.4 Å². The number of para-hydroxylation sites is 1. The number of esters is 1. The fourth-order valence-corrected chi connectivity index (χ4v) is 9.20. The quantitative estimate of drug-likeness (QED) is 0.145. The van der Waals surface area contributed by atoms with E-state index in [1.807, 2.05) is 7.05 Å². The molecule has 262 valence electrons. The molecule has 3 saturated carbocycles. The number of thiophene rings is 1. The number of amides is 1. The number of carbonyl (C=O) groups excluding carboxylic acids is 2. The van der Waals surface area contributed by atoms with Crippen LogP contribution in [0.2, 0.25) is 10.0 Å². The van der Waals surface area contributed by atoms with E-state index in [1.165, 1.54) is 37.6 Å². The summed E-state index contributed by atoms with van der Waals surface area (Å²) in [6.07, 6.45) is 4.23. The van der Waals surface area contributed by atoms with E-state index in [9.17, 15) is 9.59 Å². The molecule has 1 N–H and O–H groups in total. The third kappa shape index (κ3) is 6.52. The monoisotopic (exact) mass is 739 g/mol. The summed E-state index contributed by atoms with van der Waals surface area (Å²) in [6, 6.07) is 15.2. The molecule has 1 spiro atoms. The Balaban J connectivity index is 1.10. The van der Waals surface area contributed by atoms with Gasteiger partial charge in [0.05, 0.1) is 36.5 Å². The van der Waals surface area contributed by atoms with Crippen LogP contribution in [-0.4, -0.2) is 50.5 Å². The second kappa shape index (κ2) is 14.0. The van der Waals surface area contributed by atoms with Gasteiger partial charge in [0.1, 0.15) is 22.9 Å². The number of methoxy groups -OCH3 is 2. The Kier molecular flexibility index (Phi) is 9.69. The highest BCUT2D eigenvalue weighted by Gasteiger charge is 2.79. The van der Waals surface area contributed by atoms with Gasteiger partial charge in [-0.25, -0.2) is 14.0 Å². The van der Waals surface area contributed by atoms with E-state index >= 15 is 4.39 Å². The summed E-state index contributed by atoms with van der Waals surface area (Å²) in [4.78, 5) is 33.7. The van der Waals surface area contributed by atoms with Crippen LogP contribution in [-0.2, 0) is 22.4 Å². The van der Waals surface area contributed by atoms with Crippen LogP contribution in [0.25, 0.3) is 0 Å². The smallest absolute Gasteiger partial charge is 0.414 e. The molecule has 4 aromatic rings. The highest BCUT2D eigenvalue weighted by molar-refractivity contribution is 7.14. The van der Waals surface area contributed by atoms with E-state index in [2.05, 4.69) is 10.3 Å². The van der Waals surface area contributed by atoms with Crippen molar-refractivity contribution >= 4 is 52.3 Å². The molecule has 13 heteroatoms. The number of pyridine rings is 1. The van der Waals surface area contributed by atoms with Crippen LogP contribution in [0.15, 0.2) is 67.0 Å². The molecular formula is C37H36Cl2FN3O6S. The molecule has 1 amide bonds. The number of anilines is 1. The first-order valence-electron chi connectivity index (χ1n) is 16.4. The summed E-state index contributed by atoms with van der Waals surface area (Å²) in [5.41, 5.74) is 1.69. The molecule has 2 aromatic carbocycles. The van der Waals surface area contributed by atoms with Gasteiger partial charge in [0.25, 0.3) is 0 Å². The standard InChI is InChI=1S/C37H36Cl2FN3O6S/c1-41-34-25-14-22(13-21-16-37(21,25)34)48-36(45)43(29-7-5-4-6-28(29)40)19-23-9-11-33(50-23)35(44)49-31(15-24-26(38)17-42-18-27(24)39)20-8-10-30(46-2)32(12-20)47-3/h4-12,17-18,21-22,25,31,34,41H,13-16,19H2,1-3H3/t21?,22-,25-,31+,34?,37?/m1/s1. The Bertz CT molecular complexity index is 1910. The third-order valence-electron chi connectivity index (χ3n) is 10.3. The molecule has 9 nitrogen and oxygen atoms in total. The van der Waals surface area contributed by atoms with Crippen LogP contribution >= 0.6 is 34.5 Å². The van der Waals surface area contributed by atoms with Crippen molar-refractivity contribution in [3.8, 4) is 11.5 Å². The molecule has 2 aromatic heterocycles. The Hall–Kier alpha value is -3.90. The molecule has 0 bridgehead atoms. The minimum Gasteiger partial charge on any atom is -0.493 e. The number of nitrogens with zero attached hydrogens (tertiary/aromatic N) is 2. The zero-order valence-electron chi connectivity index (χ0n) is 27.7. The number of carbonyl (C=O) groups is 2. The van der Waals surface area contributed by atoms with Crippen molar-refractivity contribution < 1.29 is 32.9 Å². The SMILES string of the molecule is CNC1[C@H]2C[C@H](OC(=O)N(Cc3ccc(C(=O)O[C@@H](Cc4c(Cl)cncc4Cl)c4ccc(OC)c(OC)c4)s3)c3ccccc3F)CC3CC312. The number of halogens is 3. The number of benzene rings is 2. The first-order valence-corrected chi connectivity index (χ1v) is 17.9. The average Bonchev–Trinajstić information content (AvgIpc) is 3.92. The largest absolute Gasteiger partial charge is 0.493 e. The zero-order chi connectivity index (χ0) is 35.2. The molecule has 0 saturated heterocycles. The van der Waals surface area contributed by atoms with Gasteiger partial charge in [-0.05, 0) is 91.1 Å². The molecule has 2 heterocycles. The van der Waals surface area contributed by atoms with Crippen LogP contribution in [0.5, 0.6) is 11.5 Å². The van der Waals surface area contributed by atoms with Gasteiger partial charge in [-0.3, -0.25) is 9.88 Å². The summed E-state index contributed by atoms with van der Waals surface area (Å²) in [5, 5.41) is 4.09. The van der Waals surface area contributed by atoms with Crippen molar-refractivity contribution in [2.75, 3.05) is 26.2 Å². The van der Waals surface area contributed by atoms with Crippen molar-refractivity contribution in [1.82, 2.24) is 10.3 Å². The molecule has 0 aliphatic heterocycles. The Morgan fingerprint density at radius 2 is 1.82 bits per heavy atom. The lowest BCUT2D eigenvalue weighted by Crippen LogP contribution is -2.35. The number of aromatic nitrogens is 1. The molecular weight excluding hydrogens is 704 g/mol. The van der Waals surface area contributed by atoms with Gasteiger partial charge in [-0.15, -0.1) is 11.3 Å². The highest BCUT2D eigenvalue weighted by Crippen LogP contribution is 2.79. The maximum absolute atomic E-state index is 15.1. The molecule has 0 radical (unpaired) electrons. The lowest BCUT2D eigenvalue weighted by atomic mass is 9.98. The van der Waals surface area contributed by atoms with Gasteiger partial charge >= 0.3 is 12.1 Å². The molecule has 3 unspecified atom stereocenters. The fourth-order valence-electron chi connectivity index (χ4n) is 7.80. The molecule has 7 rings (SSSR count). The second-order valence-corrected chi connectivity index (χ2v) is 14.9.